The second-order valence-corrected chi connectivity index (χ2v) is 2.86. The Hall–Kier alpha value is -1.10. The number of hydrogen-bond acceptors (Lipinski definition) is 3. The molecule has 1 fully saturated rings. The van der Waals surface area contributed by atoms with Crippen molar-refractivity contribution < 1.29 is 9.59 Å². The van der Waals surface area contributed by atoms with E-state index in [1.54, 1.807) is 0 Å². The molecule has 0 bridgehead atoms. The van der Waals surface area contributed by atoms with Crippen LogP contribution in [0.3, 0.4) is 0 Å². The van der Waals surface area contributed by atoms with Gasteiger partial charge in [-0.25, -0.2) is 5.84 Å². The van der Waals surface area contributed by atoms with Gasteiger partial charge >= 0.3 is 0 Å². The van der Waals surface area contributed by atoms with Crippen LogP contribution in [0, 0.1) is 0 Å². The molecule has 12 heavy (non-hydrogen) atoms. The van der Waals surface area contributed by atoms with Gasteiger partial charge in [-0.05, 0) is 19.3 Å². The maximum atomic E-state index is 11.1. The van der Waals surface area contributed by atoms with Gasteiger partial charge in [0.05, 0.1) is 0 Å². The van der Waals surface area contributed by atoms with Crippen LogP contribution in [-0.4, -0.2) is 29.8 Å². The van der Waals surface area contributed by atoms with Gasteiger partial charge in [-0.2, -0.15) is 0 Å². The number of hydrazine groups is 1. The summed E-state index contributed by atoms with van der Waals surface area (Å²) in [5.41, 5.74) is 2.06. The van der Waals surface area contributed by atoms with Gasteiger partial charge in [0.15, 0.2) is 0 Å². The molecule has 0 aliphatic carbocycles. The first kappa shape index (κ1) is 8.99. The van der Waals surface area contributed by atoms with E-state index in [0.29, 0.717) is 19.4 Å². The molecule has 0 aromatic heterocycles. The second kappa shape index (κ2) is 4.06. The fraction of sp³-hybridized carbons (Fsp3) is 0.714. The van der Waals surface area contributed by atoms with Gasteiger partial charge in [-0.15, -0.1) is 0 Å². The molecule has 1 unspecified atom stereocenters. The number of likely N-dealkylation sites (tertiary alicyclic amines) is 1. The van der Waals surface area contributed by atoms with Crippen LogP contribution in [0.15, 0.2) is 0 Å². The van der Waals surface area contributed by atoms with E-state index in [4.69, 9.17) is 5.84 Å². The molecule has 0 aromatic rings. The number of nitrogens with one attached hydrogen (secondary N) is 1. The molecule has 1 saturated heterocycles. The quantitative estimate of drug-likeness (QED) is 0.242. The van der Waals surface area contributed by atoms with Crippen LogP contribution < -0.4 is 11.3 Å². The molecule has 0 saturated carbocycles. The summed E-state index contributed by atoms with van der Waals surface area (Å²) in [6, 6.07) is -0.360. The minimum absolute atomic E-state index is 0.276. The third-order valence-corrected chi connectivity index (χ3v) is 2.12. The summed E-state index contributed by atoms with van der Waals surface area (Å²) in [5, 5.41) is 0. The lowest BCUT2D eigenvalue weighted by molar-refractivity contribution is -0.134. The SMILES string of the molecule is NNC(=O)C1CCCCN1C=O. The molecule has 1 aliphatic heterocycles. The lowest BCUT2D eigenvalue weighted by Gasteiger charge is -2.30. The summed E-state index contributed by atoms with van der Waals surface area (Å²) in [6.45, 7) is 0.654. The minimum atomic E-state index is -0.360. The van der Waals surface area contributed by atoms with Crippen LogP contribution in [0.1, 0.15) is 19.3 Å². The van der Waals surface area contributed by atoms with Gasteiger partial charge < -0.3 is 4.90 Å². The lowest BCUT2D eigenvalue weighted by atomic mass is 10.0. The van der Waals surface area contributed by atoms with Gasteiger partial charge in [0.2, 0.25) is 6.41 Å². The van der Waals surface area contributed by atoms with Crippen LogP contribution in [0.2, 0.25) is 0 Å². The number of carbonyl (C=O) groups is 2. The van der Waals surface area contributed by atoms with Crippen LogP contribution in [0.5, 0.6) is 0 Å². The molecule has 1 heterocycles. The molecule has 5 nitrogen and oxygen atoms in total. The van der Waals surface area contributed by atoms with Crippen molar-refractivity contribution >= 4 is 12.3 Å². The molecule has 68 valence electrons. The summed E-state index contributed by atoms with van der Waals surface area (Å²) in [7, 11) is 0. The standard InChI is InChI=1S/C7H13N3O2/c8-9-7(12)6-3-1-2-4-10(6)5-11/h5-6H,1-4,8H2,(H,9,12). The first-order valence-electron chi connectivity index (χ1n) is 4.01. The lowest BCUT2D eigenvalue weighted by Crippen LogP contribution is -2.50. The highest BCUT2D eigenvalue weighted by molar-refractivity contribution is 5.83. The Labute approximate surface area is 70.9 Å². The average Bonchev–Trinajstić information content (AvgIpc) is 2.16. The number of carbonyl (C=O) groups excluding carboxylic acids is 2. The van der Waals surface area contributed by atoms with Gasteiger partial charge in [0.1, 0.15) is 6.04 Å². The zero-order chi connectivity index (χ0) is 8.97. The minimum Gasteiger partial charge on any atom is -0.333 e. The van der Waals surface area contributed by atoms with Gasteiger partial charge in [0, 0.05) is 6.54 Å². The first-order chi connectivity index (χ1) is 5.79. The summed E-state index contributed by atoms with van der Waals surface area (Å²) < 4.78 is 0. The number of piperidine rings is 1. The van der Waals surface area contributed by atoms with E-state index in [0.717, 1.165) is 12.8 Å². The van der Waals surface area contributed by atoms with E-state index in [9.17, 15) is 9.59 Å². The molecule has 1 aliphatic rings. The molecule has 1 rings (SSSR count). The summed E-state index contributed by atoms with van der Waals surface area (Å²) in [6.07, 6.45) is 3.36. The van der Waals surface area contributed by atoms with Crippen molar-refractivity contribution in [3.8, 4) is 0 Å². The van der Waals surface area contributed by atoms with E-state index in [2.05, 4.69) is 5.43 Å². The van der Waals surface area contributed by atoms with Gasteiger partial charge in [-0.3, -0.25) is 15.0 Å². The molecule has 3 N–H and O–H groups in total. The fourth-order valence-corrected chi connectivity index (χ4v) is 1.46. The summed E-state index contributed by atoms with van der Waals surface area (Å²) >= 11 is 0. The third kappa shape index (κ3) is 1.73. The number of amides is 2. The first-order valence-corrected chi connectivity index (χ1v) is 4.01. The Morgan fingerprint density at radius 1 is 1.58 bits per heavy atom. The zero-order valence-corrected chi connectivity index (χ0v) is 6.82. The van der Waals surface area contributed by atoms with E-state index >= 15 is 0 Å². The Morgan fingerprint density at radius 3 is 2.92 bits per heavy atom. The molecule has 0 spiro atoms. The normalized spacial score (nSPS) is 23.4. The molecule has 2 amide bonds. The maximum Gasteiger partial charge on any atom is 0.256 e. The highest BCUT2D eigenvalue weighted by Crippen LogP contribution is 2.14. The molecule has 5 heteroatoms. The van der Waals surface area contributed by atoms with Gasteiger partial charge in [-0.1, -0.05) is 0 Å². The smallest absolute Gasteiger partial charge is 0.256 e. The Balaban J connectivity index is 2.58. The predicted octanol–water partition coefficient (Wildman–Crippen LogP) is -1.01. The fourth-order valence-electron chi connectivity index (χ4n) is 1.46. The van der Waals surface area contributed by atoms with Crippen molar-refractivity contribution in [1.82, 2.24) is 10.3 Å². The van der Waals surface area contributed by atoms with Crippen molar-refractivity contribution in [3.63, 3.8) is 0 Å². The molecular formula is C7H13N3O2. The van der Waals surface area contributed by atoms with Crippen molar-refractivity contribution in [3.05, 3.63) is 0 Å². The molecule has 0 radical (unpaired) electrons. The third-order valence-electron chi connectivity index (χ3n) is 2.12. The van der Waals surface area contributed by atoms with Crippen LogP contribution >= 0.6 is 0 Å². The zero-order valence-electron chi connectivity index (χ0n) is 6.82. The summed E-state index contributed by atoms with van der Waals surface area (Å²) in [5.74, 6) is 4.70. The average molecular weight is 171 g/mol. The number of nitrogens with two attached hydrogens (primary N) is 1. The molecular weight excluding hydrogens is 158 g/mol. The largest absolute Gasteiger partial charge is 0.333 e. The number of rotatable bonds is 2. The summed E-state index contributed by atoms with van der Waals surface area (Å²) in [4.78, 5) is 23.1. The monoisotopic (exact) mass is 171 g/mol. The molecule has 1 atom stereocenters. The predicted molar refractivity (Wildman–Crippen MR) is 42.7 cm³/mol. The van der Waals surface area contributed by atoms with Crippen LogP contribution in [-0.2, 0) is 9.59 Å². The van der Waals surface area contributed by atoms with Crippen molar-refractivity contribution in [1.29, 1.82) is 0 Å². The second-order valence-electron chi connectivity index (χ2n) is 2.86. The topological polar surface area (TPSA) is 75.4 Å². The highest BCUT2D eigenvalue weighted by atomic mass is 16.2. The van der Waals surface area contributed by atoms with Crippen LogP contribution in [0.25, 0.3) is 0 Å². The number of hydrogen-bond donors (Lipinski definition) is 2. The van der Waals surface area contributed by atoms with E-state index in [-0.39, 0.29) is 11.9 Å². The number of nitrogens with zero attached hydrogens (tertiary/aromatic N) is 1. The Bertz CT molecular complexity index is 183. The Morgan fingerprint density at radius 2 is 2.33 bits per heavy atom. The van der Waals surface area contributed by atoms with E-state index < -0.39 is 0 Å². The maximum absolute atomic E-state index is 11.1. The van der Waals surface area contributed by atoms with Crippen molar-refractivity contribution in [2.45, 2.75) is 25.3 Å². The van der Waals surface area contributed by atoms with E-state index in [1.807, 2.05) is 0 Å². The van der Waals surface area contributed by atoms with E-state index in [1.165, 1.54) is 4.90 Å². The van der Waals surface area contributed by atoms with Gasteiger partial charge in [0.25, 0.3) is 5.91 Å². The molecule has 0 aromatic carbocycles. The van der Waals surface area contributed by atoms with Crippen molar-refractivity contribution in [2.24, 2.45) is 5.84 Å². The Kier molecular flexibility index (Phi) is 3.04. The van der Waals surface area contributed by atoms with Crippen molar-refractivity contribution in [2.75, 3.05) is 6.54 Å². The van der Waals surface area contributed by atoms with Crippen LogP contribution in [0.4, 0.5) is 0 Å². The highest BCUT2D eigenvalue weighted by Gasteiger charge is 2.26.